The first kappa shape index (κ1) is 18.6. The second-order valence-corrected chi connectivity index (χ2v) is 8.10. The zero-order chi connectivity index (χ0) is 17.6. The van der Waals surface area contributed by atoms with Crippen LogP contribution in [0.5, 0.6) is 0 Å². The number of methoxy groups -OCH3 is 1. The minimum atomic E-state index is -0.275. The fraction of sp³-hybridized carbons (Fsp3) is 0.667. The molecule has 25 heavy (non-hydrogen) atoms. The summed E-state index contributed by atoms with van der Waals surface area (Å²) >= 11 is 7.07. The van der Waals surface area contributed by atoms with E-state index in [4.69, 9.17) is 21.7 Å². The Kier molecular flexibility index (Phi) is 6.67. The van der Waals surface area contributed by atoms with Gasteiger partial charge in [0.1, 0.15) is 5.00 Å². The van der Waals surface area contributed by atoms with Gasteiger partial charge in [-0.15, -0.1) is 11.3 Å². The number of hydrogen-bond donors (Lipinski definition) is 2. The van der Waals surface area contributed by atoms with Crippen LogP contribution in [-0.4, -0.2) is 37.4 Å². The van der Waals surface area contributed by atoms with Crippen molar-refractivity contribution in [3.8, 4) is 0 Å². The summed E-state index contributed by atoms with van der Waals surface area (Å²) in [4.78, 5) is 13.7. The van der Waals surface area contributed by atoms with Crippen LogP contribution in [0.3, 0.4) is 0 Å². The second-order valence-electron chi connectivity index (χ2n) is 6.58. The molecule has 2 N–H and O–H groups in total. The first-order valence-electron chi connectivity index (χ1n) is 9.08. The van der Waals surface area contributed by atoms with E-state index in [2.05, 4.69) is 10.6 Å². The first-order valence-corrected chi connectivity index (χ1v) is 10.3. The number of carbonyl (C=O) groups excluding carboxylic acids is 1. The summed E-state index contributed by atoms with van der Waals surface area (Å²) in [5.41, 5.74) is 1.83. The molecule has 7 heteroatoms. The Balaban J connectivity index is 1.73. The summed E-state index contributed by atoms with van der Waals surface area (Å²) in [7, 11) is 1.44. The van der Waals surface area contributed by atoms with E-state index < -0.39 is 0 Å². The molecule has 3 rings (SSSR count). The van der Waals surface area contributed by atoms with Gasteiger partial charge in [-0.1, -0.05) is 12.8 Å². The predicted molar refractivity (Wildman–Crippen MR) is 105 cm³/mol. The molecule has 1 aromatic rings. The zero-order valence-corrected chi connectivity index (χ0v) is 16.3. The quantitative estimate of drug-likeness (QED) is 0.612. The van der Waals surface area contributed by atoms with Crippen molar-refractivity contribution < 1.29 is 14.3 Å². The Bertz CT molecular complexity index is 624. The summed E-state index contributed by atoms with van der Waals surface area (Å²) in [5, 5.41) is 7.79. The fourth-order valence-corrected chi connectivity index (χ4v) is 5.02. The van der Waals surface area contributed by atoms with Gasteiger partial charge < -0.3 is 20.1 Å². The number of rotatable bonds is 4. The van der Waals surface area contributed by atoms with E-state index in [1.165, 1.54) is 31.2 Å². The Labute approximate surface area is 158 Å². The molecule has 0 spiro atoms. The molecule has 1 aromatic heterocycles. The number of thiophene rings is 1. The third-order valence-electron chi connectivity index (χ3n) is 4.80. The standard InChI is InChI=1S/C18H26N2O3S2/c1-22-17(21)15-13-8-4-2-3-5-9-14(13)25-16(15)20-18(24)19-11-12-7-6-10-23-12/h12H,2-11H2,1H3,(H2,19,20,24). The highest BCUT2D eigenvalue weighted by Gasteiger charge is 2.25. The number of nitrogens with one attached hydrogen (secondary N) is 2. The van der Waals surface area contributed by atoms with Crippen molar-refractivity contribution in [2.75, 3.05) is 25.6 Å². The third kappa shape index (κ3) is 4.71. The molecule has 5 nitrogen and oxygen atoms in total. The molecule has 0 bridgehead atoms. The van der Waals surface area contributed by atoms with Crippen LogP contribution in [0, 0.1) is 0 Å². The molecule has 1 atom stereocenters. The van der Waals surface area contributed by atoms with E-state index in [0.29, 0.717) is 17.2 Å². The Morgan fingerprint density at radius 1 is 1.28 bits per heavy atom. The number of carbonyl (C=O) groups is 1. The maximum atomic E-state index is 12.4. The van der Waals surface area contributed by atoms with E-state index in [1.54, 1.807) is 11.3 Å². The molecule has 0 saturated carbocycles. The van der Waals surface area contributed by atoms with Crippen LogP contribution in [0.2, 0.25) is 0 Å². The average Bonchev–Trinajstić information content (AvgIpc) is 3.21. The summed E-state index contributed by atoms with van der Waals surface area (Å²) in [6.45, 7) is 1.53. The number of thiocarbonyl (C=S) groups is 1. The van der Waals surface area contributed by atoms with Gasteiger partial charge in [-0.2, -0.15) is 0 Å². The summed E-state index contributed by atoms with van der Waals surface area (Å²) in [5.74, 6) is -0.275. The van der Waals surface area contributed by atoms with E-state index in [9.17, 15) is 4.79 Å². The Hall–Kier alpha value is -1.18. The summed E-state index contributed by atoms with van der Waals surface area (Å²) in [6.07, 6.45) is 9.14. The average molecular weight is 383 g/mol. The molecule has 2 aliphatic rings. The second kappa shape index (κ2) is 8.96. The number of esters is 1. The van der Waals surface area contributed by atoms with Gasteiger partial charge in [-0.25, -0.2) is 4.79 Å². The molecule has 0 radical (unpaired) electrons. The number of ether oxygens (including phenoxy) is 2. The number of hydrogen-bond acceptors (Lipinski definition) is 5. The van der Waals surface area contributed by atoms with Crippen LogP contribution in [0.15, 0.2) is 0 Å². The molecule has 1 aliphatic carbocycles. The molecule has 138 valence electrons. The number of fused-ring (bicyclic) bond motifs is 1. The summed E-state index contributed by atoms with van der Waals surface area (Å²) in [6, 6.07) is 0. The maximum Gasteiger partial charge on any atom is 0.341 e. The lowest BCUT2D eigenvalue weighted by molar-refractivity contribution is 0.0601. The minimum Gasteiger partial charge on any atom is -0.465 e. The molecule has 1 aliphatic heterocycles. The fourth-order valence-electron chi connectivity index (χ4n) is 3.48. The van der Waals surface area contributed by atoms with Crippen molar-refractivity contribution in [1.82, 2.24) is 5.32 Å². The summed E-state index contributed by atoms with van der Waals surface area (Å²) < 4.78 is 10.6. The van der Waals surface area contributed by atoms with Crippen molar-refractivity contribution in [1.29, 1.82) is 0 Å². The van der Waals surface area contributed by atoms with E-state index >= 15 is 0 Å². The molecule has 1 unspecified atom stereocenters. The minimum absolute atomic E-state index is 0.225. The third-order valence-corrected chi connectivity index (χ3v) is 6.26. The van der Waals surface area contributed by atoms with Crippen molar-refractivity contribution in [3.63, 3.8) is 0 Å². The first-order chi connectivity index (χ1) is 12.2. The lowest BCUT2D eigenvalue weighted by atomic mass is 9.96. The Morgan fingerprint density at radius 3 is 2.80 bits per heavy atom. The van der Waals surface area contributed by atoms with Crippen molar-refractivity contribution in [3.05, 3.63) is 16.0 Å². The normalized spacial score (nSPS) is 20.3. The van der Waals surface area contributed by atoms with E-state index in [0.717, 1.165) is 49.3 Å². The Morgan fingerprint density at radius 2 is 2.08 bits per heavy atom. The van der Waals surface area contributed by atoms with Crippen LogP contribution < -0.4 is 10.6 Å². The highest BCUT2D eigenvalue weighted by atomic mass is 32.1. The van der Waals surface area contributed by atoms with E-state index in [1.807, 2.05) is 0 Å². The van der Waals surface area contributed by atoms with Crippen LogP contribution in [0.1, 0.15) is 59.3 Å². The van der Waals surface area contributed by atoms with Gasteiger partial charge >= 0.3 is 5.97 Å². The topological polar surface area (TPSA) is 59.6 Å². The molecule has 1 saturated heterocycles. The van der Waals surface area contributed by atoms with Gasteiger partial charge in [0, 0.05) is 18.0 Å². The smallest absolute Gasteiger partial charge is 0.341 e. The van der Waals surface area contributed by atoms with Crippen LogP contribution >= 0.6 is 23.6 Å². The van der Waals surface area contributed by atoms with Crippen LogP contribution in [-0.2, 0) is 22.3 Å². The largest absolute Gasteiger partial charge is 0.465 e. The molecule has 1 fully saturated rings. The molecule has 2 heterocycles. The highest BCUT2D eigenvalue weighted by Crippen LogP contribution is 2.37. The predicted octanol–water partition coefficient (Wildman–Crippen LogP) is 3.66. The number of anilines is 1. The van der Waals surface area contributed by atoms with Gasteiger partial charge in [0.2, 0.25) is 0 Å². The van der Waals surface area contributed by atoms with E-state index in [-0.39, 0.29) is 12.1 Å². The molecule has 0 amide bonds. The van der Waals surface area contributed by atoms with Gasteiger partial charge in [0.05, 0.1) is 18.8 Å². The van der Waals surface area contributed by atoms with Gasteiger partial charge in [0.15, 0.2) is 5.11 Å². The van der Waals surface area contributed by atoms with Crippen molar-refractivity contribution in [2.24, 2.45) is 0 Å². The molecular weight excluding hydrogens is 356 g/mol. The van der Waals surface area contributed by atoms with Gasteiger partial charge in [-0.3, -0.25) is 0 Å². The van der Waals surface area contributed by atoms with Gasteiger partial charge in [-0.05, 0) is 56.3 Å². The van der Waals surface area contributed by atoms with Crippen LogP contribution in [0.4, 0.5) is 5.00 Å². The van der Waals surface area contributed by atoms with Crippen LogP contribution in [0.25, 0.3) is 0 Å². The molecule has 0 aromatic carbocycles. The van der Waals surface area contributed by atoms with Gasteiger partial charge in [0.25, 0.3) is 0 Å². The lowest BCUT2D eigenvalue weighted by Crippen LogP contribution is -2.35. The monoisotopic (exact) mass is 382 g/mol. The zero-order valence-electron chi connectivity index (χ0n) is 14.7. The SMILES string of the molecule is COC(=O)c1c(NC(=S)NCC2CCCO2)sc2c1CCCCCC2. The number of aryl methyl sites for hydroxylation is 1. The van der Waals surface area contributed by atoms with Crippen molar-refractivity contribution in [2.45, 2.75) is 57.5 Å². The highest BCUT2D eigenvalue weighted by molar-refractivity contribution is 7.80. The maximum absolute atomic E-state index is 12.4. The van der Waals surface area contributed by atoms with Crippen molar-refractivity contribution >= 4 is 39.6 Å². The lowest BCUT2D eigenvalue weighted by Gasteiger charge is -2.14. The molecular formula is C18H26N2O3S2.